The molecule has 1 saturated heterocycles. The van der Waals surface area contributed by atoms with Gasteiger partial charge < -0.3 is 14.6 Å². The number of ether oxygens (including phenoxy) is 2. The molecule has 1 rings (SSSR count). The van der Waals surface area contributed by atoms with Crippen LogP contribution in [0.5, 0.6) is 0 Å². The summed E-state index contributed by atoms with van der Waals surface area (Å²) in [6, 6.07) is 0. The van der Waals surface area contributed by atoms with Crippen LogP contribution in [0.25, 0.3) is 0 Å². The van der Waals surface area contributed by atoms with Gasteiger partial charge in [0.25, 0.3) is 0 Å². The van der Waals surface area contributed by atoms with Crippen LogP contribution in [-0.2, 0) is 28.7 Å². The fourth-order valence-corrected chi connectivity index (χ4v) is 1.48. The normalized spacial score (nSPS) is 24.1. The Labute approximate surface area is 90.3 Å². The van der Waals surface area contributed by atoms with E-state index in [1.807, 2.05) is 0 Å². The summed E-state index contributed by atoms with van der Waals surface area (Å²) in [7, 11) is 1.14. The van der Waals surface area contributed by atoms with Crippen molar-refractivity contribution in [1.29, 1.82) is 0 Å². The number of hydrogen-bond donors (Lipinski definition) is 1. The maximum atomic E-state index is 11.2. The van der Waals surface area contributed by atoms with E-state index in [4.69, 9.17) is 5.11 Å². The standard InChI is InChI=1S/C9H10O7/c1-15-7(12)3-5-4(2-6(10)11)8(13)16-9(5)14/h4-5H,2-3H2,1H3,(H,10,11). The van der Waals surface area contributed by atoms with Crippen molar-refractivity contribution in [2.45, 2.75) is 12.8 Å². The molecule has 1 N–H and O–H groups in total. The van der Waals surface area contributed by atoms with Gasteiger partial charge in [0.2, 0.25) is 0 Å². The van der Waals surface area contributed by atoms with Crippen molar-refractivity contribution in [2.24, 2.45) is 11.8 Å². The first kappa shape index (κ1) is 12.2. The van der Waals surface area contributed by atoms with Crippen LogP contribution in [0.3, 0.4) is 0 Å². The van der Waals surface area contributed by atoms with Crippen LogP contribution >= 0.6 is 0 Å². The molecule has 0 spiro atoms. The van der Waals surface area contributed by atoms with Crippen LogP contribution in [0.2, 0.25) is 0 Å². The first-order valence-corrected chi connectivity index (χ1v) is 4.50. The molecule has 0 bridgehead atoms. The number of cyclic esters (lactones) is 2. The van der Waals surface area contributed by atoms with Crippen molar-refractivity contribution in [3.05, 3.63) is 0 Å². The molecule has 0 radical (unpaired) electrons. The molecule has 2 unspecified atom stereocenters. The lowest BCUT2D eigenvalue weighted by Crippen LogP contribution is -2.24. The summed E-state index contributed by atoms with van der Waals surface area (Å²) >= 11 is 0. The second-order valence-electron chi connectivity index (χ2n) is 3.33. The van der Waals surface area contributed by atoms with Crippen molar-refractivity contribution in [3.63, 3.8) is 0 Å². The fourth-order valence-electron chi connectivity index (χ4n) is 1.48. The molecular weight excluding hydrogens is 220 g/mol. The summed E-state index contributed by atoms with van der Waals surface area (Å²) in [4.78, 5) is 43.8. The minimum absolute atomic E-state index is 0.348. The summed E-state index contributed by atoms with van der Waals surface area (Å²) in [5, 5.41) is 8.55. The number of hydrogen-bond acceptors (Lipinski definition) is 6. The van der Waals surface area contributed by atoms with Crippen LogP contribution in [0, 0.1) is 11.8 Å². The van der Waals surface area contributed by atoms with Crippen LogP contribution < -0.4 is 0 Å². The number of carboxylic acid groups (broad SMARTS) is 1. The van der Waals surface area contributed by atoms with E-state index in [-0.39, 0.29) is 6.42 Å². The maximum Gasteiger partial charge on any atom is 0.318 e. The Balaban J connectivity index is 2.77. The van der Waals surface area contributed by atoms with Crippen LogP contribution in [0.1, 0.15) is 12.8 Å². The Bertz CT molecular complexity index is 346. The minimum atomic E-state index is -1.23. The largest absolute Gasteiger partial charge is 0.481 e. The van der Waals surface area contributed by atoms with E-state index in [9.17, 15) is 19.2 Å². The Morgan fingerprint density at radius 1 is 1.25 bits per heavy atom. The summed E-state index contributed by atoms with van der Waals surface area (Å²) in [6.45, 7) is 0. The third kappa shape index (κ3) is 2.56. The Hall–Kier alpha value is -1.92. The first-order chi connectivity index (χ1) is 7.45. The van der Waals surface area contributed by atoms with E-state index in [1.54, 1.807) is 0 Å². The number of carbonyl (C=O) groups is 4. The predicted molar refractivity (Wildman–Crippen MR) is 47.0 cm³/mol. The van der Waals surface area contributed by atoms with Gasteiger partial charge in [-0.15, -0.1) is 0 Å². The zero-order valence-electron chi connectivity index (χ0n) is 8.47. The van der Waals surface area contributed by atoms with Gasteiger partial charge in [0.05, 0.1) is 31.8 Å². The molecule has 1 fully saturated rings. The highest BCUT2D eigenvalue weighted by Crippen LogP contribution is 2.29. The van der Waals surface area contributed by atoms with Crippen molar-refractivity contribution < 1.29 is 33.8 Å². The number of rotatable bonds is 4. The quantitative estimate of drug-likeness (QED) is 0.504. The second-order valence-corrected chi connectivity index (χ2v) is 3.33. The summed E-state index contributed by atoms with van der Waals surface area (Å²) < 4.78 is 8.63. The molecule has 2 atom stereocenters. The number of esters is 3. The van der Waals surface area contributed by atoms with Gasteiger partial charge in [-0.3, -0.25) is 19.2 Å². The molecule has 0 amide bonds. The van der Waals surface area contributed by atoms with Gasteiger partial charge in [0.1, 0.15) is 0 Å². The Kier molecular flexibility index (Phi) is 3.60. The third-order valence-electron chi connectivity index (χ3n) is 2.30. The van der Waals surface area contributed by atoms with E-state index in [1.165, 1.54) is 0 Å². The molecular formula is C9H10O7. The van der Waals surface area contributed by atoms with Gasteiger partial charge in [-0.05, 0) is 0 Å². The second kappa shape index (κ2) is 4.73. The highest BCUT2D eigenvalue weighted by molar-refractivity contribution is 5.99. The number of carboxylic acids is 1. The molecule has 0 aromatic rings. The first-order valence-electron chi connectivity index (χ1n) is 4.50. The average molecular weight is 230 g/mol. The number of methoxy groups -OCH3 is 1. The molecule has 0 saturated carbocycles. The molecule has 0 aliphatic carbocycles. The molecule has 1 aliphatic rings. The van der Waals surface area contributed by atoms with Crippen molar-refractivity contribution in [3.8, 4) is 0 Å². The summed E-state index contributed by atoms with van der Waals surface area (Å²) in [6.07, 6.45) is -0.884. The van der Waals surface area contributed by atoms with E-state index < -0.39 is 42.1 Å². The van der Waals surface area contributed by atoms with Gasteiger partial charge in [-0.25, -0.2) is 0 Å². The molecule has 88 valence electrons. The zero-order valence-corrected chi connectivity index (χ0v) is 8.47. The number of aliphatic carboxylic acids is 1. The van der Waals surface area contributed by atoms with Crippen molar-refractivity contribution in [2.75, 3.05) is 7.11 Å². The van der Waals surface area contributed by atoms with Crippen LogP contribution in [-0.4, -0.2) is 36.1 Å². The monoisotopic (exact) mass is 230 g/mol. The predicted octanol–water partition coefficient (Wildman–Crippen LogP) is -0.660. The van der Waals surface area contributed by atoms with Crippen LogP contribution in [0.15, 0.2) is 0 Å². The van der Waals surface area contributed by atoms with Gasteiger partial charge in [0.15, 0.2) is 0 Å². The lowest BCUT2D eigenvalue weighted by molar-refractivity contribution is -0.155. The number of carbonyl (C=O) groups excluding carboxylic acids is 3. The molecule has 0 aromatic heterocycles. The smallest absolute Gasteiger partial charge is 0.318 e. The lowest BCUT2D eigenvalue weighted by atomic mass is 9.89. The van der Waals surface area contributed by atoms with E-state index in [2.05, 4.69) is 9.47 Å². The van der Waals surface area contributed by atoms with Gasteiger partial charge in [-0.2, -0.15) is 0 Å². The highest BCUT2D eigenvalue weighted by atomic mass is 16.6. The Morgan fingerprint density at radius 2 is 1.75 bits per heavy atom. The van der Waals surface area contributed by atoms with Crippen molar-refractivity contribution >= 4 is 23.9 Å². The Morgan fingerprint density at radius 3 is 2.19 bits per heavy atom. The minimum Gasteiger partial charge on any atom is -0.481 e. The third-order valence-corrected chi connectivity index (χ3v) is 2.30. The van der Waals surface area contributed by atoms with E-state index in [0.717, 1.165) is 7.11 Å². The van der Waals surface area contributed by atoms with E-state index in [0.29, 0.717) is 0 Å². The summed E-state index contributed by atoms with van der Waals surface area (Å²) in [5.41, 5.74) is 0. The lowest BCUT2D eigenvalue weighted by Gasteiger charge is -2.09. The van der Waals surface area contributed by atoms with Gasteiger partial charge in [-0.1, -0.05) is 0 Å². The molecule has 7 heteroatoms. The molecule has 1 heterocycles. The summed E-state index contributed by atoms with van der Waals surface area (Å²) in [5.74, 6) is -5.86. The highest BCUT2D eigenvalue weighted by Gasteiger charge is 2.46. The molecule has 1 aliphatic heterocycles. The average Bonchev–Trinajstić information content (AvgIpc) is 2.44. The van der Waals surface area contributed by atoms with Gasteiger partial charge in [0, 0.05) is 0 Å². The molecule has 0 aromatic carbocycles. The molecule has 7 nitrogen and oxygen atoms in total. The maximum absolute atomic E-state index is 11.2. The zero-order chi connectivity index (χ0) is 12.3. The SMILES string of the molecule is COC(=O)CC1C(=O)OC(=O)C1CC(=O)O. The topological polar surface area (TPSA) is 107 Å². The van der Waals surface area contributed by atoms with Gasteiger partial charge >= 0.3 is 23.9 Å². The fraction of sp³-hybridized carbons (Fsp3) is 0.556. The van der Waals surface area contributed by atoms with Crippen LogP contribution in [0.4, 0.5) is 0 Å². The van der Waals surface area contributed by atoms with Crippen molar-refractivity contribution in [1.82, 2.24) is 0 Å². The molecule has 16 heavy (non-hydrogen) atoms. The van der Waals surface area contributed by atoms with E-state index >= 15 is 0 Å².